The molecule has 0 fully saturated rings. The van der Waals surface area contributed by atoms with Gasteiger partial charge in [-0.3, -0.25) is 4.79 Å². The lowest BCUT2D eigenvalue weighted by molar-refractivity contribution is -0.116. The third-order valence-corrected chi connectivity index (χ3v) is 4.10. The Morgan fingerprint density at radius 3 is 2.71 bits per heavy atom. The first kappa shape index (κ1) is 12.2. The van der Waals surface area contributed by atoms with Crippen LogP contribution in [0, 0.1) is 0 Å². The number of ketones is 1. The molecule has 0 saturated heterocycles. The van der Waals surface area contributed by atoms with Crippen LogP contribution in [0.5, 0.6) is 0 Å². The zero-order valence-electron chi connectivity index (χ0n) is 7.56. The number of hydrogen-bond acceptors (Lipinski definition) is 1. The van der Waals surface area contributed by atoms with Gasteiger partial charge in [-0.05, 0) is 24.1 Å². The van der Waals surface area contributed by atoms with Crippen LogP contribution in [0.1, 0.15) is 22.9 Å². The predicted molar refractivity (Wildman–Crippen MR) is 66.0 cm³/mol. The monoisotopic (exact) mass is 338 g/mol. The Labute approximate surface area is 105 Å². The fourth-order valence-corrected chi connectivity index (χ4v) is 2.14. The van der Waals surface area contributed by atoms with Crippen molar-refractivity contribution in [2.75, 3.05) is 0 Å². The molecule has 0 aliphatic rings. The lowest BCUT2D eigenvalue weighted by Gasteiger charge is -2.08. The molecule has 0 spiro atoms. The van der Waals surface area contributed by atoms with E-state index < -0.39 is 0 Å². The van der Waals surface area contributed by atoms with E-state index in [1.165, 1.54) is 0 Å². The van der Waals surface area contributed by atoms with Crippen LogP contribution in [-0.2, 0) is 10.7 Å². The molecule has 76 valence electrons. The minimum absolute atomic E-state index is 0.0906. The normalized spacial score (nSPS) is 12.6. The second-order valence-corrected chi connectivity index (χ2v) is 4.99. The van der Waals surface area contributed by atoms with Crippen LogP contribution in [0.3, 0.4) is 0 Å². The molecule has 0 amide bonds. The summed E-state index contributed by atoms with van der Waals surface area (Å²) in [6, 6.07) is 5.74. The molecule has 1 unspecified atom stereocenters. The highest BCUT2D eigenvalue weighted by Crippen LogP contribution is 2.28. The van der Waals surface area contributed by atoms with E-state index >= 15 is 0 Å². The number of carbonyl (C=O) groups excluding carboxylic acids is 1. The van der Waals surface area contributed by atoms with Crippen molar-refractivity contribution in [1.29, 1.82) is 0 Å². The standard InChI is InChI=1S/C10H9Br2ClO/c1-6(14)10(12)7-2-3-9(11)8(4-7)5-13/h2-4,10H,5H2,1H3. The summed E-state index contributed by atoms with van der Waals surface area (Å²) in [5, 5.41) is 0. The van der Waals surface area contributed by atoms with Crippen LogP contribution < -0.4 is 0 Å². The van der Waals surface area contributed by atoms with Crippen LogP contribution in [-0.4, -0.2) is 5.78 Å². The van der Waals surface area contributed by atoms with Crippen LogP contribution in [0.2, 0.25) is 0 Å². The first-order valence-corrected chi connectivity index (χ1v) is 6.29. The third kappa shape index (κ3) is 2.81. The van der Waals surface area contributed by atoms with Gasteiger partial charge in [-0.15, -0.1) is 11.6 Å². The van der Waals surface area contributed by atoms with Crippen LogP contribution >= 0.6 is 43.5 Å². The average molecular weight is 340 g/mol. The van der Waals surface area contributed by atoms with Crippen molar-refractivity contribution in [1.82, 2.24) is 0 Å². The number of hydrogen-bond donors (Lipinski definition) is 0. The molecular formula is C10H9Br2ClO. The van der Waals surface area contributed by atoms with Gasteiger partial charge in [0, 0.05) is 10.4 Å². The van der Waals surface area contributed by atoms with Gasteiger partial charge < -0.3 is 0 Å². The van der Waals surface area contributed by atoms with Crippen molar-refractivity contribution in [2.45, 2.75) is 17.6 Å². The van der Waals surface area contributed by atoms with Crippen LogP contribution in [0.25, 0.3) is 0 Å². The Morgan fingerprint density at radius 1 is 1.57 bits per heavy atom. The van der Waals surface area contributed by atoms with Gasteiger partial charge in [0.05, 0.1) is 4.83 Å². The first-order chi connectivity index (χ1) is 6.56. The minimum atomic E-state index is -0.238. The van der Waals surface area contributed by atoms with Gasteiger partial charge in [-0.25, -0.2) is 0 Å². The number of rotatable bonds is 3. The molecule has 1 aromatic carbocycles. The third-order valence-electron chi connectivity index (χ3n) is 1.86. The molecule has 0 bridgehead atoms. The smallest absolute Gasteiger partial charge is 0.147 e. The summed E-state index contributed by atoms with van der Waals surface area (Å²) in [6.45, 7) is 1.56. The highest BCUT2D eigenvalue weighted by Gasteiger charge is 2.13. The molecule has 0 N–H and O–H groups in total. The zero-order chi connectivity index (χ0) is 10.7. The number of carbonyl (C=O) groups is 1. The van der Waals surface area contributed by atoms with Crippen LogP contribution in [0.4, 0.5) is 0 Å². The number of Topliss-reactive ketones (excluding diaryl/α,β-unsaturated/α-hetero) is 1. The molecule has 0 saturated carbocycles. The van der Waals surface area contributed by atoms with E-state index in [2.05, 4.69) is 31.9 Å². The van der Waals surface area contributed by atoms with Gasteiger partial charge >= 0.3 is 0 Å². The number of alkyl halides is 2. The molecule has 14 heavy (non-hydrogen) atoms. The Bertz CT molecular complexity index is 352. The lowest BCUT2D eigenvalue weighted by atomic mass is 10.1. The summed E-state index contributed by atoms with van der Waals surface area (Å²) in [5.41, 5.74) is 1.94. The van der Waals surface area contributed by atoms with E-state index in [1.807, 2.05) is 18.2 Å². The Hall–Kier alpha value is 0.140. The van der Waals surface area contributed by atoms with Crippen molar-refractivity contribution in [2.24, 2.45) is 0 Å². The largest absolute Gasteiger partial charge is 0.298 e. The maximum absolute atomic E-state index is 11.1. The van der Waals surface area contributed by atoms with Crippen molar-refractivity contribution in [3.05, 3.63) is 33.8 Å². The van der Waals surface area contributed by atoms with Gasteiger partial charge in [-0.1, -0.05) is 44.0 Å². The van der Waals surface area contributed by atoms with Gasteiger partial charge in [0.15, 0.2) is 0 Å². The molecule has 1 rings (SSSR count). The van der Waals surface area contributed by atoms with Crippen molar-refractivity contribution in [3.8, 4) is 0 Å². The van der Waals surface area contributed by atoms with Gasteiger partial charge in [0.1, 0.15) is 5.78 Å². The summed E-state index contributed by atoms with van der Waals surface area (Å²) in [6.07, 6.45) is 0. The second kappa shape index (κ2) is 5.29. The summed E-state index contributed by atoms with van der Waals surface area (Å²) >= 11 is 12.5. The number of benzene rings is 1. The van der Waals surface area contributed by atoms with Gasteiger partial charge in [0.25, 0.3) is 0 Å². The molecule has 4 heteroatoms. The highest BCUT2D eigenvalue weighted by molar-refractivity contribution is 9.10. The molecule has 0 aliphatic heterocycles. The van der Waals surface area contributed by atoms with E-state index in [4.69, 9.17) is 11.6 Å². The molecule has 0 aliphatic carbocycles. The molecule has 0 radical (unpaired) electrons. The summed E-state index contributed by atoms with van der Waals surface area (Å²) in [7, 11) is 0. The van der Waals surface area contributed by atoms with Crippen molar-refractivity contribution in [3.63, 3.8) is 0 Å². The van der Waals surface area contributed by atoms with E-state index in [9.17, 15) is 4.79 Å². The quantitative estimate of drug-likeness (QED) is 0.753. The average Bonchev–Trinajstić information content (AvgIpc) is 2.17. The van der Waals surface area contributed by atoms with Crippen molar-refractivity contribution >= 4 is 49.2 Å². The van der Waals surface area contributed by atoms with E-state index in [1.54, 1.807) is 6.92 Å². The van der Waals surface area contributed by atoms with Gasteiger partial charge in [0.2, 0.25) is 0 Å². The van der Waals surface area contributed by atoms with Gasteiger partial charge in [-0.2, -0.15) is 0 Å². The Balaban J connectivity index is 3.06. The summed E-state index contributed by atoms with van der Waals surface area (Å²) in [4.78, 5) is 10.9. The van der Waals surface area contributed by atoms with E-state index in [-0.39, 0.29) is 10.6 Å². The Kier molecular flexibility index (Phi) is 4.61. The molecule has 1 aromatic rings. The van der Waals surface area contributed by atoms with Crippen LogP contribution in [0.15, 0.2) is 22.7 Å². The maximum atomic E-state index is 11.1. The Morgan fingerprint density at radius 2 is 2.21 bits per heavy atom. The molecular weight excluding hydrogens is 331 g/mol. The highest BCUT2D eigenvalue weighted by atomic mass is 79.9. The fraction of sp³-hybridized carbons (Fsp3) is 0.300. The molecule has 1 atom stereocenters. The lowest BCUT2D eigenvalue weighted by Crippen LogP contribution is -2.01. The summed E-state index contributed by atoms with van der Waals surface area (Å²) < 4.78 is 0.972. The molecule has 0 aromatic heterocycles. The minimum Gasteiger partial charge on any atom is -0.298 e. The first-order valence-electron chi connectivity index (χ1n) is 4.05. The van der Waals surface area contributed by atoms with Crippen molar-refractivity contribution < 1.29 is 4.79 Å². The number of halogens is 3. The maximum Gasteiger partial charge on any atom is 0.147 e. The summed E-state index contributed by atoms with van der Waals surface area (Å²) in [5.74, 6) is 0.527. The topological polar surface area (TPSA) is 17.1 Å². The SMILES string of the molecule is CC(=O)C(Br)c1ccc(Br)c(CCl)c1. The predicted octanol–water partition coefficient (Wildman–Crippen LogP) is 4.21. The fourth-order valence-electron chi connectivity index (χ4n) is 1.09. The zero-order valence-corrected chi connectivity index (χ0v) is 11.5. The van der Waals surface area contributed by atoms with E-state index in [0.29, 0.717) is 5.88 Å². The molecule has 1 nitrogen and oxygen atoms in total. The second-order valence-electron chi connectivity index (χ2n) is 2.96. The molecule has 0 heterocycles. The van der Waals surface area contributed by atoms with E-state index in [0.717, 1.165) is 15.6 Å².